The second-order valence-electron chi connectivity index (χ2n) is 3.22. The number of hydrogen-bond donors (Lipinski definition) is 4. The molecule has 0 aromatic heterocycles. The summed E-state index contributed by atoms with van der Waals surface area (Å²) in [4.78, 5) is 18.2. The van der Waals surface area contributed by atoms with Crippen LogP contribution >= 0.6 is 0 Å². The molecule has 0 spiro atoms. The number of carbonyl (C=O) groups is 2. The maximum absolute atomic E-state index is 9.10. The van der Waals surface area contributed by atoms with Gasteiger partial charge in [0.15, 0.2) is 0 Å². The van der Waals surface area contributed by atoms with Crippen molar-refractivity contribution < 1.29 is 40.9 Å². The smallest absolute Gasteiger partial charge is 0.414 e. The summed E-state index contributed by atoms with van der Waals surface area (Å²) < 4.78 is 0. The summed E-state index contributed by atoms with van der Waals surface area (Å²) in [6, 6.07) is 0.562. The molecule has 0 heterocycles. The molecule has 1 aliphatic rings. The standard InChI is InChI=1S/C6H14N2.C2H2O4.Pt/c7-5-3-1-2-4-6(5)8;3-1(4)2(5)6;/h5-6H,1-4,7-8H2;(H,3,4)(H,5,6);/t5-,6-;;/m1../s1. The van der Waals surface area contributed by atoms with E-state index >= 15 is 0 Å². The molecule has 6 nitrogen and oxygen atoms in total. The van der Waals surface area contributed by atoms with E-state index in [0.717, 1.165) is 12.8 Å². The van der Waals surface area contributed by atoms with Crippen molar-refractivity contribution in [2.24, 2.45) is 11.5 Å². The summed E-state index contributed by atoms with van der Waals surface area (Å²) in [6.45, 7) is 0. The van der Waals surface area contributed by atoms with Crippen LogP contribution in [0.2, 0.25) is 0 Å². The second-order valence-corrected chi connectivity index (χ2v) is 3.22. The van der Waals surface area contributed by atoms with Crippen molar-refractivity contribution in [3.05, 3.63) is 0 Å². The van der Waals surface area contributed by atoms with Crippen LogP contribution in [-0.2, 0) is 30.7 Å². The fraction of sp³-hybridized carbons (Fsp3) is 0.750. The van der Waals surface area contributed by atoms with E-state index in [9.17, 15) is 0 Å². The Hall–Kier alpha value is -0.452. The van der Waals surface area contributed by atoms with Gasteiger partial charge in [0.2, 0.25) is 0 Å². The Morgan fingerprint density at radius 2 is 1.20 bits per heavy atom. The van der Waals surface area contributed by atoms with Crippen LogP contribution in [0.3, 0.4) is 0 Å². The summed E-state index contributed by atoms with van der Waals surface area (Å²) >= 11 is 0. The molecule has 0 aliphatic heterocycles. The Balaban J connectivity index is 0. The monoisotopic (exact) mass is 399 g/mol. The van der Waals surface area contributed by atoms with Crippen LogP contribution < -0.4 is 11.5 Å². The fourth-order valence-electron chi connectivity index (χ4n) is 1.19. The van der Waals surface area contributed by atoms with Crippen molar-refractivity contribution in [1.82, 2.24) is 0 Å². The van der Waals surface area contributed by atoms with Crippen LogP contribution in [0.1, 0.15) is 25.7 Å². The van der Waals surface area contributed by atoms with Crippen molar-refractivity contribution in [2.75, 3.05) is 0 Å². The first-order chi connectivity index (χ1) is 6.45. The third kappa shape index (κ3) is 8.54. The normalized spacial score (nSPS) is 24.1. The number of carboxylic acids is 2. The molecule has 1 saturated carbocycles. The number of carboxylic acid groups (broad SMARTS) is 2. The van der Waals surface area contributed by atoms with Gasteiger partial charge in [-0.05, 0) is 12.8 Å². The average Bonchev–Trinajstić information content (AvgIpc) is 2.11. The topological polar surface area (TPSA) is 127 Å². The van der Waals surface area contributed by atoms with Gasteiger partial charge in [-0.25, -0.2) is 9.59 Å². The molecule has 0 bridgehead atoms. The molecule has 1 fully saturated rings. The van der Waals surface area contributed by atoms with E-state index in [1.807, 2.05) is 0 Å². The summed E-state index contributed by atoms with van der Waals surface area (Å²) in [5, 5.41) is 14.8. The van der Waals surface area contributed by atoms with Crippen LogP contribution in [0.15, 0.2) is 0 Å². The predicted octanol–water partition coefficient (Wildman–Crippen LogP) is -0.632. The number of nitrogens with two attached hydrogens (primary N) is 2. The molecular weight excluding hydrogens is 383 g/mol. The third-order valence-electron chi connectivity index (χ3n) is 2.06. The summed E-state index contributed by atoms with van der Waals surface area (Å²) in [6.07, 6.45) is 4.80. The molecular formula is C8H16N2O4Pt. The maximum atomic E-state index is 9.10. The summed E-state index contributed by atoms with van der Waals surface area (Å²) in [5.41, 5.74) is 11.3. The quantitative estimate of drug-likeness (QED) is 0.402. The molecule has 0 amide bonds. The Morgan fingerprint density at radius 1 is 0.933 bits per heavy atom. The van der Waals surface area contributed by atoms with E-state index in [2.05, 4.69) is 0 Å². The molecule has 1 rings (SSSR count). The molecule has 0 aromatic carbocycles. The summed E-state index contributed by atoms with van der Waals surface area (Å²) in [5.74, 6) is -3.65. The van der Waals surface area contributed by atoms with Crippen molar-refractivity contribution in [2.45, 2.75) is 37.8 Å². The molecule has 15 heavy (non-hydrogen) atoms. The Morgan fingerprint density at radius 3 is 1.33 bits per heavy atom. The first-order valence-electron chi connectivity index (χ1n) is 4.42. The van der Waals surface area contributed by atoms with Gasteiger partial charge in [-0.2, -0.15) is 0 Å². The molecule has 0 aromatic rings. The zero-order valence-corrected chi connectivity index (χ0v) is 10.4. The van der Waals surface area contributed by atoms with Crippen LogP contribution in [0.5, 0.6) is 0 Å². The molecule has 1 aliphatic carbocycles. The first kappa shape index (κ1) is 17.0. The third-order valence-corrected chi connectivity index (χ3v) is 2.06. The van der Waals surface area contributed by atoms with Gasteiger partial charge in [-0.15, -0.1) is 0 Å². The van der Waals surface area contributed by atoms with Crippen molar-refractivity contribution in [3.63, 3.8) is 0 Å². The Bertz CT molecular complexity index is 191. The van der Waals surface area contributed by atoms with Gasteiger partial charge in [0.25, 0.3) is 0 Å². The van der Waals surface area contributed by atoms with Gasteiger partial charge in [-0.3, -0.25) is 0 Å². The van der Waals surface area contributed by atoms with Crippen LogP contribution in [0.25, 0.3) is 0 Å². The largest absolute Gasteiger partial charge is 0.473 e. The minimum atomic E-state index is -1.82. The van der Waals surface area contributed by atoms with E-state index in [1.165, 1.54) is 12.8 Å². The second kappa shape index (κ2) is 8.82. The van der Waals surface area contributed by atoms with Gasteiger partial charge < -0.3 is 21.7 Å². The molecule has 2 atom stereocenters. The number of aliphatic carboxylic acids is 2. The average molecular weight is 399 g/mol. The maximum Gasteiger partial charge on any atom is 0.414 e. The van der Waals surface area contributed by atoms with Crippen molar-refractivity contribution in [3.8, 4) is 0 Å². The molecule has 6 N–H and O–H groups in total. The van der Waals surface area contributed by atoms with E-state index in [0.29, 0.717) is 0 Å². The Kier molecular flexibility index (Phi) is 9.98. The zero-order valence-electron chi connectivity index (χ0n) is 8.16. The van der Waals surface area contributed by atoms with Gasteiger partial charge in [0.05, 0.1) is 0 Å². The SMILES string of the molecule is N[C@@H]1CCCC[C@H]1N.O=C(O)C(=O)O.[Pt]. The predicted molar refractivity (Wildman–Crippen MR) is 49.7 cm³/mol. The number of hydrogen-bond acceptors (Lipinski definition) is 4. The van der Waals surface area contributed by atoms with Crippen LogP contribution in [-0.4, -0.2) is 34.2 Å². The Labute approximate surface area is 102 Å². The van der Waals surface area contributed by atoms with E-state index in [-0.39, 0.29) is 33.1 Å². The fourth-order valence-corrected chi connectivity index (χ4v) is 1.19. The van der Waals surface area contributed by atoms with Crippen molar-refractivity contribution >= 4 is 11.9 Å². The van der Waals surface area contributed by atoms with E-state index < -0.39 is 11.9 Å². The van der Waals surface area contributed by atoms with Gasteiger partial charge in [0.1, 0.15) is 0 Å². The van der Waals surface area contributed by atoms with Crippen molar-refractivity contribution in [1.29, 1.82) is 0 Å². The molecule has 92 valence electrons. The van der Waals surface area contributed by atoms with Crippen LogP contribution in [0, 0.1) is 0 Å². The first-order valence-corrected chi connectivity index (χ1v) is 4.42. The summed E-state index contributed by atoms with van der Waals surface area (Å²) in [7, 11) is 0. The minimum absolute atomic E-state index is 0. The van der Waals surface area contributed by atoms with Gasteiger partial charge in [0, 0.05) is 33.1 Å². The zero-order chi connectivity index (χ0) is 11.1. The van der Waals surface area contributed by atoms with E-state index in [4.69, 9.17) is 31.3 Å². The molecule has 0 unspecified atom stereocenters. The molecule has 0 radical (unpaired) electrons. The van der Waals surface area contributed by atoms with Gasteiger partial charge >= 0.3 is 11.9 Å². The number of rotatable bonds is 0. The molecule has 7 heteroatoms. The van der Waals surface area contributed by atoms with Crippen LogP contribution in [0.4, 0.5) is 0 Å². The molecule has 0 saturated heterocycles. The van der Waals surface area contributed by atoms with Gasteiger partial charge in [-0.1, -0.05) is 12.8 Å². The minimum Gasteiger partial charge on any atom is -0.473 e. The van der Waals surface area contributed by atoms with E-state index in [1.54, 1.807) is 0 Å².